The number of carbonyl (C=O) groups is 3. The molecule has 1 saturated heterocycles. The van der Waals surface area contributed by atoms with Crippen LogP contribution >= 0.6 is 11.6 Å². The van der Waals surface area contributed by atoms with Crippen molar-refractivity contribution in [2.24, 2.45) is 0 Å². The van der Waals surface area contributed by atoms with Gasteiger partial charge in [-0.2, -0.15) is 0 Å². The molecule has 0 bridgehead atoms. The van der Waals surface area contributed by atoms with Crippen LogP contribution in [0.25, 0.3) is 0 Å². The zero-order valence-corrected chi connectivity index (χ0v) is 15.7. The lowest BCUT2D eigenvalue weighted by Gasteiger charge is -2.36. The van der Waals surface area contributed by atoms with Gasteiger partial charge in [0.05, 0.1) is 12.5 Å². The highest BCUT2D eigenvalue weighted by Gasteiger charge is 2.29. The molecule has 2 atom stereocenters. The largest absolute Gasteiger partial charge is 0.481 e. The van der Waals surface area contributed by atoms with Crippen molar-refractivity contribution in [3.8, 4) is 0 Å². The molecule has 2 unspecified atom stereocenters. The predicted molar refractivity (Wildman–Crippen MR) is 98.8 cm³/mol. The van der Waals surface area contributed by atoms with E-state index >= 15 is 0 Å². The van der Waals surface area contributed by atoms with E-state index in [9.17, 15) is 14.4 Å². The molecule has 26 heavy (non-hydrogen) atoms. The van der Waals surface area contributed by atoms with Crippen LogP contribution in [0.4, 0.5) is 0 Å². The Morgan fingerprint density at radius 1 is 1.27 bits per heavy atom. The first-order valence-electron chi connectivity index (χ1n) is 8.90. The summed E-state index contributed by atoms with van der Waals surface area (Å²) in [5.41, 5.74) is 0.817. The van der Waals surface area contributed by atoms with Gasteiger partial charge in [-0.3, -0.25) is 14.4 Å². The maximum absolute atomic E-state index is 12.9. The Hall–Kier alpha value is -2.08. The minimum atomic E-state index is -0.847. The van der Waals surface area contributed by atoms with Crippen molar-refractivity contribution in [3.05, 3.63) is 34.9 Å². The Bertz CT molecular complexity index is 647. The van der Waals surface area contributed by atoms with Crippen LogP contribution < -0.4 is 5.32 Å². The van der Waals surface area contributed by atoms with Crippen molar-refractivity contribution in [3.63, 3.8) is 0 Å². The highest BCUT2D eigenvalue weighted by atomic mass is 35.5. The third-order valence-corrected chi connectivity index (χ3v) is 4.92. The molecule has 1 aliphatic rings. The predicted octanol–water partition coefficient (Wildman–Crippen LogP) is 3.15. The number of hydrogen-bond donors (Lipinski definition) is 2. The molecule has 142 valence electrons. The number of amides is 2. The van der Waals surface area contributed by atoms with E-state index in [0.29, 0.717) is 18.0 Å². The molecule has 1 fully saturated rings. The van der Waals surface area contributed by atoms with E-state index < -0.39 is 12.0 Å². The smallest absolute Gasteiger partial charge is 0.303 e. The first-order chi connectivity index (χ1) is 12.4. The average molecular weight is 381 g/mol. The molecule has 2 N–H and O–H groups in total. The van der Waals surface area contributed by atoms with Crippen LogP contribution in [0.3, 0.4) is 0 Å². The number of nitrogens with zero attached hydrogens (tertiary/aromatic N) is 1. The van der Waals surface area contributed by atoms with Crippen LogP contribution in [0.15, 0.2) is 24.3 Å². The molecule has 0 aliphatic carbocycles. The molecule has 6 nitrogen and oxygen atoms in total. The molecule has 0 aromatic heterocycles. The van der Waals surface area contributed by atoms with Crippen molar-refractivity contribution in [1.29, 1.82) is 0 Å². The number of halogens is 1. The molecule has 1 heterocycles. The van der Waals surface area contributed by atoms with E-state index in [1.165, 1.54) is 6.92 Å². The fourth-order valence-electron chi connectivity index (χ4n) is 3.40. The van der Waals surface area contributed by atoms with E-state index in [2.05, 4.69) is 5.32 Å². The maximum atomic E-state index is 12.9. The number of hydrogen-bond acceptors (Lipinski definition) is 3. The minimum Gasteiger partial charge on any atom is -0.481 e. The van der Waals surface area contributed by atoms with Crippen LogP contribution in [0.5, 0.6) is 0 Å². The molecule has 7 heteroatoms. The van der Waals surface area contributed by atoms with Gasteiger partial charge in [0.15, 0.2) is 0 Å². The van der Waals surface area contributed by atoms with Crippen molar-refractivity contribution in [2.45, 2.75) is 57.5 Å². The highest BCUT2D eigenvalue weighted by Crippen LogP contribution is 2.25. The molecule has 0 spiro atoms. The number of likely N-dealkylation sites (tertiary alicyclic amines) is 1. The number of rotatable bonds is 7. The molecule has 1 aliphatic heterocycles. The monoisotopic (exact) mass is 380 g/mol. The van der Waals surface area contributed by atoms with Crippen molar-refractivity contribution < 1.29 is 19.5 Å². The third kappa shape index (κ3) is 6.02. The zero-order chi connectivity index (χ0) is 19.1. The number of piperidine rings is 1. The van der Waals surface area contributed by atoms with Gasteiger partial charge in [0, 0.05) is 31.0 Å². The summed E-state index contributed by atoms with van der Waals surface area (Å²) in [5, 5.41) is 12.3. The second-order valence-electron chi connectivity index (χ2n) is 6.68. The van der Waals surface area contributed by atoms with Gasteiger partial charge in [0.25, 0.3) is 0 Å². The molecule has 0 radical (unpaired) electrons. The summed E-state index contributed by atoms with van der Waals surface area (Å²) < 4.78 is 0. The Morgan fingerprint density at radius 3 is 2.58 bits per heavy atom. The fourth-order valence-corrected chi connectivity index (χ4v) is 3.53. The van der Waals surface area contributed by atoms with E-state index in [1.807, 2.05) is 0 Å². The second kappa shape index (κ2) is 9.57. The van der Waals surface area contributed by atoms with E-state index in [-0.39, 0.29) is 30.7 Å². The molecule has 2 rings (SSSR count). The van der Waals surface area contributed by atoms with Crippen LogP contribution in [0.1, 0.15) is 57.1 Å². The normalized spacial score (nSPS) is 18.2. The van der Waals surface area contributed by atoms with E-state index in [1.54, 1.807) is 29.2 Å². The number of benzene rings is 1. The Labute approximate surface area is 158 Å². The molecule has 1 aromatic rings. The van der Waals surface area contributed by atoms with Crippen LogP contribution in [0.2, 0.25) is 5.02 Å². The van der Waals surface area contributed by atoms with E-state index in [0.717, 1.165) is 24.8 Å². The molecular weight excluding hydrogens is 356 g/mol. The maximum Gasteiger partial charge on any atom is 0.303 e. The Morgan fingerprint density at radius 2 is 1.96 bits per heavy atom. The summed E-state index contributed by atoms with van der Waals surface area (Å²) >= 11 is 5.92. The average Bonchev–Trinajstić information content (AvgIpc) is 2.60. The third-order valence-electron chi connectivity index (χ3n) is 4.67. The zero-order valence-electron chi connectivity index (χ0n) is 14.9. The van der Waals surface area contributed by atoms with E-state index in [4.69, 9.17) is 16.7 Å². The number of aliphatic carboxylic acids is 1. The van der Waals surface area contributed by atoms with Crippen LogP contribution in [-0.2, 0) is 14.4 Å². The minimum absolute atomic E-state index is 0.0458. The van der Waals surface area contributed by atoms with Crippen LogP contribution in [-0.4, -0.2) is 40.4 Å². The first-order valence-corrected chi connectivity index (χ1v) is 9.28. The van der Waals surface area contributed by atoms with Gasteiger partial charge in [-0.25, -0.2) is 0 Å². The summed E-state index contributed by atoms with van der Waals surface area (Å²) in [6.45, 7) is 2.06. The Balaban J connectivity index is 2.09. The Kier molecular flexibility index (Phi) is 7.45. The number of carboxylic acids is 1. The molecule has 1 aromatic carbocycles. The van der Waals surface area contributed by atoms with Gasteiger partial charge in [0.2, 0.25) is 11.8 Å². The molecule has 2 amide bonds. The topological polar surface area (TPSA) is 86.7 Å². The van der Waals surface area contributed by atoms with Crippen LogP contribution in [0, 0.1) is 0 Å². The molecule has 0 saturated carbocycles. The summed E-state index contributed by atoms with van der Waals surface area (Å²) in [6, 6.07) is 6.58. The summed E-state index contributed by atoms with van der Waals surface area (Å²) in [7, 11) is 0. The van der Waals surface area contributed by atoms with Crippen molar-refractivity contribution >= 4 is 29.4 Å². The number of carbonyl (C=O) groups excluding carboxylic acids is 2. The lowest BCUT2D eigenvalue weighted by molar-refractivity contribution is -0.140. The van der Waals surface area contributed by atoms with Gasteiger partial charge in [-0.1, -0.05) is 23.7 Å². The fraction of sp³-hybridized carbons (Fsp3) is 0.526. The quantitative estimate of drug-likeness (QED) is 0.760. The summed E-state index contributed by atoms with van der Waals surface area (Å²) in [5.74, 6) is -1.12. The number of nitrogens with one attached hydrogen (secondary N) is 1. The molecular formula is C19H25ClN2O4. The first kappa shape index (κ1) is 20.2. The lowest BCUT2D eigenvalue weighted by Crippen LogP contribution is -2.45. The summed E-state index contributed by atoms with van der Waals surface area (Å²) in [4.78, 5) is 37.1. The van der Waals surface area contributed by atoms with Gasteiger partial charge in [-0.05, 0) is 43.4 Å². The number of carboxylic acid groups (broad SMARTS) is 1. The SMILES string of the molecule is CC(=O)NC(CC(=O)N1CCCCC1CCC(=O)O)c1ccc(Cl)cc1. The standard InChI is InChI=1S/C19H25ClN2O4/c1-13(23)21-17(14-5-7-15(20)8-6-14)12-18(24)22-11-3-2-4-16(22)9-10-19(25)26/h5-8,16-17H,2-4,9-12H2,1H3,(H,21,23)(H,25,26). The van der Waals surface area contributed by atoms with Gasteiger partial charge >= 0.3 is 5.97 Å². The van der Waals surface area contributed by atoms with Gasteiger partial charge in [0.1, 0.15) is 0 Å². The highest BCUT2D eigenvalue weighted by molar-refractivity contribution is 6.30. The lowest BCUT2D eigenvalue weighted by atomic mass is 9.96. The second-order valence-corrected chi connectivity index (χ2v) is 7.11. The van der Waals surface area contributed by atoms with Gasteiger partial charge < -0.3 is 15.3 Å². The summed E-state index contributed by atoms with van der Waals surface area (Å²) in [6.07, 6.45) is 3.41. The van der Waals surface area contributed by atoms with Crippen molar-refractivity contribution in [2.75, 3.05) is 6.54 Å². The van der Waals surface area contributed by atoms with Crippen molar-refractivity contribution in [1.82, 2.24) is 10.2 Å². The van der Waals surface area contributed by atoms with Gasteiger partial charge in [-0.15, -0.1) is 0 Å².